The highest BCUT2D eigenvalue weighted by Gasteiger charge is 2.32. The minimum atomic E-state index is -0.422. The van der Waals surface area contributed by atoms with E-state index in [0.717, 1.165) is 32.2 Å². The third-order valence-corrected chi connectivity index (χ3v) is 4.31. The molecule has 0 aliphatic heterocycles. The fourth-order valence-electron chi connectivity index (χ4n) is 3.25. The molecule has 1 saturated carbocycles. The van der Waals surface area contributed by atoms with E-state index in [9.17, 15) is 5.11 Å². The molecular weight excluding hydrogens is 210 g/mol. The third kappa shape index (κ3) is 2.38. The molecule has 2 N–H and O–H groups in total. The highest BCUT2D eigenvalue weighted by Crippen LogP contribution is 2.29. The van der Waals surface area contributed by atoms with E-state index in [2.05, 4.69) is 29.6 Å². The first-order valence-electron chi connectivity index (χ1n) is 6.78. The Morgan fingerprint density at radius 1 is 1.12 bits per heavy atom. The fraction of sp³-hybridized carbons (Fsp3) is 0.600. The summed E-state index contributed by atoms with van der Waals surface area (Å²) < 4.78 is 0. The van der Waals surface area contributed by atoms with Crippen molar-refractivity contribution in [3.8, 4) is 0 Å². The zero-order chi connectivity index (χ0) is 11.7. The van der Waals surface area contributed by atoms with Crippen LogP contribution in [0.5, 0.6) is 0 Å². The van der Waals surface area contributed by atoms with Gasteiger partial charge in [0.05, 0.1) is 5.60 Å². The quantitative estimate of drug-likeness (QED) is 0.834. The third-order valence-electron chi connectivity index (χ3n) is 4.31. The molecule has 2 heteroatoms. The van der Waals surface area contributed by atoms with Crippen LogP contribution in [-0.2, 0) is 12.8 Å². The number of aliphatic hydroxyl groups is 1. The van der Waals surface area contributed by atoms with Crippen LogP contribution in [0.1, 0.15) is 36.8 Å². The van der Waals surface area contributed by atoms with Crippen molar-refractivity contribution in [2.45, 2.75) is 50.2 Å². The van der Waals surface area contributed by atoms with E-state index in [1.165, 1.54) is 24.0 Å². The molecule has 2 aliphatic rings. The van der Waals surface area contributed by atoms with Gasteiger partial charge in [-0.15, -0.1) is 0 Å². The number of nitrogens with one attached hydrogen (secondary N) is 1. The van der Waals surface area contributed by atoms with Crippen molar-refractivity contribution in [1.82, 2.24) is 5.32 Å². The van der Waals surface area contributed by atoms with Crippen molar-refractivity contribution < 1.29 is 5.11 Å². The van der Waals surface area contributed by atoms with Crippen molar-refractivity contribution in [2.24, 2.45) is 0 Å². The van der Waals surface area contributed by atoms with Crippen LogP contribution in [0, 0.1) is 0 Å². The zero-order valence-electron chi connectivity index (χ0n) is 10.3. The van der Waals surface area contributed by atoms with Gasteiger partial charge in [0.15, 0.2) is 0 Å². The summed E-state index contributed by atoms with van der Waals surface area (Å²) in [5.74, 6) is 0. The van der Waals surface area contributed by atoms with Gasteiger partial charge in [0.25, 0.3) is 0 Å². The maximum atomic E-state index is 10.3. The minimum absolute atomic E-state index is 0.422. The Labute approximate surface area is 103 Å². The lowest BCUT2D eigenvalue weighted by atomic mass is 10.0. The zero-order valence-corrected chi connectivity index (χ0v) is 10.3. The SMILES string of the molecule is OC1(CNC2Cc3ccccc3C2)CCCC1. The molecule has 0 atom stereocenters. The molecule has 1 aromatic rings. The summed E-state index contributed by atoms with van der Waals surface area (Å²) in [6.07, 6.45) is 6.55. The second-order valence-corrected chi connectivity index (χ2v) is 5.69. The highest BCUT2D eigenvalue weighted by molar-refractivity contribution is 5.33. The second-order valence-electron chi connectivity index (χ2n) is 5.69. The maximum Gasteiger partial charge on any atom is 0.0771 e. The van der Waals surface area contributed by atoms with Crippen LogP contribution in [0.3, 0.4) is 0 Å². The number of hydrogen-bond donors (Lipinski definition) is 2. The number of rotatable bonds is 3. The Balaban J connectivity index is 1.55. The lowest BCUT2D eigenvalue weighted by Gasteiger charge is -2.24. The van der Waals surface area contributed by atoms with E-state index >= 15 is 0 Å². The van der Waals surface area contributed by atoms with Gasteiger partial charge in [-0.25, -0.2) is 0 Å². The first-order chi connectivity index (χ1) is 8.25. The molecule has 0 amide bonds. The van der Waals surface area contributed by atoms with Crippen molar-refractivity contribution >= 4 is 0 Å². The van der Waals surface area contributed by atoms with E-state index in [1.807, 2.05) is 0 Å². The predicted octanol–water partition coefficient (Wildman–Crippen LogP) is 2.05. The van der Waals surface area contributed by atoms with Gasteiger partial charge in [-0.3, -0.25) is 0 Å². The van der Waals surface area contributed by atoms with E-state index in [1.54, 1.807) is 0 Å². The Morgan fingerprint density at radius 2 is 1.71 bits per heavy atom. The summed E-state index contributed by atoms with van der Waals surface area (Å²) in [5.41, 5.74) is 2.53. The van der Waals surface area contributed by atoms with Crippen LogP contribution >= 0.6 is 0 Å². The molecule has 0 unspecified atom stereocenters. The first-order valence-corrected chi connectivity index (χ1v) is 6.78. The highest BCUT2D eigenvalue weighted by atomic mass is 16.3. The average Bonchev–Trinajstić information content (AvgIpc) is 2.93. The average molecular weight is 231 g/mol. The smallest absolute Gasteiger partial charge is 0.0771 e. The monoisotopic (exact) mass is 231 g/mol. The summed E-state index contributed by atoms with van der Waals surface area (Å²) in [7, 11) is 0. The van der Waals surface area contributed by atoms with Gasteiger partial charge in [-0.05, 0) is 36.8 Å². The molecule has 2 aliphatic carbocycles. The molecule has 3 rings (SSSR count). The molecule has 0 aromatic heterocycles. The Bertz CT molecular complexity index is 371. The Kier molecular flexibility index (Phi) is 2.93. The lowest BCUT2D eigenvalue weighted by molar-refractivity contribution is 0.0451. The summed E-state index contributed by atoms with van der Waals surface area (Å²) in [5, 5.41) is 13.9. The van der Waals surface area contributed by atoms with Crippen LogP contribution < -0.4 is 5.32 Å². The van der Waals surface area contributed by atoms with E-state index in [-0.39, 0.29) is 0 Å². The van der Waals surface area contributed by atoms with E-state index < -0.39 is 5.60 Å². The van der Waals surface area contributed by atoms with Crippen LogP contribution in [0.25, 0.3) is 0 Å². The summed E-state index contributed by atoms with van der Waals surface area (Å²) in [6.45, 7) is 0.769. The molecule has 0 saturated heterocycles. The van der Waals surface area contributed by atoms with Gasteiger partial charge < -0.3 is 10.4 Å². The van der Waals surface area contributed by atoms with Gasteiger partial charge in [-0.1, -0.05) is 37.1 Å². The second kappa shape index (κ2) is 4.43. The predicted molar refractivity (Wildman–Crippen MR) is 69.1 cm³/mol. The van der Waals surface area contributed by atoms with Gasteiger partial charge in [0.1, 0.15) is 0 Å². The Morgan fingerprint density at radius 3 is 2.29 bits per heavy atom. The molecule has 17 heavy (non-hydrogen) atoms. The van der Waals surface area contributed by atoms with Crippen molar-refractivity contribution in [2.75, 3.05) is 6.54 Å². The van der Waals surface area contributed by atoms with E-state index in [4.69, 9.17) is 0 Å². The molecular formula is C15H21NO. The minimum Gasteiger partial charge on any atom is -0.389 e. The summed E-state index contributed by atoms with van der Waals surface area (Å²) in [4.78, 5) is 0. The normalized spacial score (nSPS) is 22.9. The first kappa shape index (κ1) is 11.2. The van der Waals surface area contributed by atoms with Crippen LogP contribution in [-0.4, -0.2) is 23.3 Å². The summed E-state index contributed by atoms with van der Waals surface area (Å²) >= 11 is 0. The van der Waals surface area contributed by atoms with Crippen LogP contribution in [0.2, 0.25) is 0 Å². The van der Waals surface area contributed by atoms with Crippen LogP contribution in [0.15, 0.2) is 24.3 Å². The van der Waals surface area contributed by atoms with Crippen LogP contribution in [0.4, 0.5) is 0 Å². The maximum absolute atomic E-state index is 10.3. The van der Waals surface area contributed by atoms with E-state index in [0.29, 0.717) is 6.04 Å². The number of hydrogen-bond acceptors (Lipinski definition) is 2. The molecule has 0 spiro atoms. The molecule has 0 radical (unpaired) electrons. The topological polar surface area (TPSA) is 32.3 Å². The van der Waals surface area contributed by atoms with Crippen molar-refractivity contribution in [3.63, 3.8) is 0 Å². The standard InChI is InChI=1S/C15H21NO/c17-15(7-3-4-8-15)11-16-14-9-12-5-1-2-6-13(12)10-14/h1-2,5-6,14,16-17H,3-4,7-11H2. The Hall–Kier alpha value is -0.860. The number of benzene rings is 1. The van der Waals surface area contributed by atoms with Gasteiger partial charge in [0.2, 0.25) is 0 Å². The summed E-state index contributed by atoms with van der Waals surface area (Å²) in [6, 6.07) is 9.21. The molecule has 1 aromatic carbocycles. The molecule has 92 valence electrons. The molecule has 2 nitrogen and oxygen atoms in total. The van der Waals surface area contributed by atoms with Gasteiger partial charge in [-0.2, -0.15) is 0 Å². The molecule has 0 bridgehead atoms. The largest absolute Gasteiger partial charge is 0.389 e. The molecule has 1 fully saturated rings. The molecule has 0 heterocycles. The number of fused-ring (bicyclic) bond motifs is 1. The van der Waals surface area contributed by atoms with Gasteiger partial charge >= 0.3 is 0 Å². The van der Waals surface area contributed by atoms with Crippen molar-refractivity contribution in [1.29, 1.82) is 0 Å². The van der Waals surface area contributed by atoms with Gasteiger partial charge in [0, 0.05) is 12.6 Å². The van der Waals surface area contributed by atoms with Crippen molar-refractivity contribution in [3.05, 3.63) is 35.4 Å². The fourth-order valence-corrected chi connectivity index (χ4v) is 3.25. The lowest BCUT2D eigenvalue weighted by Crippen LogP contribution is -2.43.